The Morgan fingerprint density at radius 3 is 3.05 bits per heavy atom. The van der Waals surface area contributed by atoms with Crippen LogP contribution in [0.3, 0.4) is 0 Å². The topological polar surface area (TPSA) is 50.4 Å². The third kappa shape index (κ3) is 4.11. The fourth-order valence-corrected chi connectivity index (χ4v) is 2.39. The molecule has 0 bridgehead atoms. The molecule has 4 nitrogen and oxygen atoms in total. The number of hydrogen-bond acceptors (Lipinski definition) is 3. The third-order valence-corrected chi connectivity index (χ3v) is 3.69. The minimum absolute atomic E-state index is 0.0985. The zero-order valence-electron chi connectivity index (χ0n) is 10.7. The Morgan fingerprint density at radius 2 is 2.42 bits per heavy atom. The number of carbonyl (C=O) groups is 1. The highest BCUT2D eigenvalue weighted by Crippen LogP contribution is 2.22. The predicted octanol–water partition coefficient (Wildman–Crippen LogP) is 2.85. The molecule has 6 heteroatoms. The average molecular weight is 284 g/mol. The monoisotopic (exact) mass is 284 g/mol. The van der Waals surface area contributed by atoms with Gasteiger partial charge in [-0.3, -0.25) is 0 Å². The molecule has 1 saturated heterocycles. The molecule has 1 atom stereocenters. The fraction of sp³-hybridized carbons (Fsp3) is 0.462. The molecular weight excluding hydrogens is 267 g/mol. The number of nitrogens with one attached hydrogen (secondary N) is 2. The van der Waals surface area contributed by atoms with E-state index in [1.54, 1.807) is 18.4 Å². The molecule has 1 heterocycles. The molecule has 0 spiro atoms. The maximum absolute atomic E-state index is 13.5. The lowest BCUT2D eigenvalue weighted by Gasteiger charge is -2.12. The van der Waals surface area contributed by atoms with E-state index in [1.165, 1.54) is 17.8 Å². The minimum Gasteiger partial charge on any atom is -0.376 e. The van der Waals surface area contributed by atoms with E-state index < -0.39 is 0 Å². The first-order valence-electron chi connectivity index (χ1n) is 6.19. The van der Waals surface area contributed by atoms with Gasteiger partial charge in [0.2, 0.25) is 0 Å². The number of anilines is 1. The van der Waals surface area contributed by atoms with Gasteiger partial charge in [-0.25, -0.2) is 9.18 Å². The Labute approximate surface area is 116 Å². The molecule has 1 aliphatic rings. The Hall–Kier alpha value is -1.27. The molecular formula is C13H17FN2O2S. The van der Waals surface area contributed by atoms with Gasteiger partial charge < -0.3 is 15.4 Å². The molecule has 1 aromatic rings. The molecule has 2 rings (SSSR count). The lowest BCUT2D eigenvalue weighted by Crippen LogP contribution is -2.35. The van der Waals surface area contributed by atoms with Crippen molar-refractivity contribution in [2.45, 2.75) is 23.8 Å². The van der Waals surface area contributed by atoms with Crippen LogP contribution in [-0.2, 0) is 4.74 Å². The van der Waals surface area contributed by atoms with Crippen LogP contribution >= 0.6 is 11.8 Å². The number of hydrogen-bond donors (Lipinski definition) is 2. The second-order valence-corrected chi connectivity index (χ2v) is 5.17. The van der Waals surface area contributed by atoms with E-state index in [1.807, 2.05) is 0 Å². The Bertz CT molecular complexity index is 450. The third-order valence-electron chi connectivity index (χ3n) is 2.92. The van der Waals surface area contributed by atoms with Gasteiger partial charge in [0.15, 0.2) is 0 Å². The van der Waals surface area contributed by atoms with Crippen LogP contribution in [0.1, 0.15) is 12.8 Å². The van der Waals surface area contributed by atoms with E-state index in [9.17, 15) is 9.18 Å². The second-order valence-electron chi connectivity index (χ2n) is 4.32. The zero-order chi connectivity index (χ0) is 13.7. The molecule has 2 amide bonds. The first-order chi connectivity index (χ1) is 9.19. The summed E-state index contributed by atoms with van der Waals surface area (Å²) in [6.07, 6.45) is 3.91. The summed E-state index contributed by atoms with van der Waals surface area (Å²) in [5, 5.41) is 5.32. The van der Waals surface area contributed by atoms with Gasteiger partial charge in [0.25, 0.3) is 0 Å². The summed E-state index contributed by atoms with van der Waals surface area (Å²) < 4.78 is 18.9. The van der Waals surface area contributed by atoms with Crippen LogP contribution in [0.25, 0.3) is 0 Å². The van der Waals surface area contributed by atoms with Gasteiger partial charge in [0.05, 0.1) is 6.10 Å². The minimum atomic E-state index is -0.341. The number of amides is 2. The maximum Gasteiger partial charge on any atom is 0.319 e. The van der Waals surface area contributed by atoms with Crippen molar-refractivity contribution < 1.29 is 13.9 Å². The summed E-state index contributed by atoms with van der Waals surface area (Å²) in [5.74, 6) is -0.329. The van der Waals surface area contributed by atoms with Gasteiger partial charge in [0.1, 0.15) is 5.82 Å². The molecule has 1 aliphatic heterocycles. The van der Waals surface area contributed by atoms with Crippen LogP contribution in [0, 0.1) is 5.82 Å². The lowest BCUT2D eigenvalue weighted by molar-refractivity contribution is 0.112. The number of ether oxygens (including phenoxy) is 1. The van der Waals surface area contributed by atoms with Crippen LogP contribution in [0.15, 0.2) is 23.1 Å². The van der Waals surface area contributed by atoms with E-state index in [2.05, 4.69) is 10.6 Å². The summed E-state index contributed by atoms with van der Waals surface area (Å²) in [5.41, 5.74) is 0.445. The Kier molecular flexibility index (Phi) is 5.04. The summed E-state index contributed by atoms with van der Waals surface area (Å²) in [6, 6.07) is 4.31. The first kappa shape index (κ1) is 14.1. The van der Waals surface area contributed by atoms with E-state index in [0.717, 1.165) is 19.4 Å². The number of halogens is 1. The lowest BCUT2D eigenvalue weighted by atomic mass is 10.2. The first-order valence-corrected chi connectivity index (χ1v) is 7.41. The highest BCUT2D eigenvalue weighted by molar-refractivity contribution is 7.98. The van der Waals surface area contributed by atoms with Gasteiger partial charge in [-0.05, 0) is 37.3 Å². The molecule has 1 aromatic carbocycles. The molecule has 104 valence electrons. The van der Waals surface area contributed by atoms with Gasteiger partial charge in [0, 0.05) is 23.7 Å². The van der Waals surface area contributed by atoms with Crippen molar-refractivity contribution in [3.63, 3.8) is 0 Å². The standard InChI is InChI=1S/C13H17FN2O2S/c1-19-12-5-4-9(7-11(12)14)16-13(17)15-8-10-3-2-6-18-10/h4-5,7,10H,2-3,6,8H2,1H3,(H2,15,16,17)/t10-/m1/s1. The largest absolute Gasteiger partial charge is 0.376 e. The highest BCUT2D eigenvalue weighted by atomic mass is 32.2. The normalized spacial score (nSPS) is 18.3. The summed E-state index contributed by atoms with van der Waals surface area (Å²) in [4.78, 5) is 12.2. The molecule has 0 aromatic heterocycles. The number of carbonyl (C=O) groups excluding carboxylic acids is 1. The molecule has 1 fully saturated rings. The molecule has 0 radical (unpaired) electrons. The van der Waals surface area contributed by atoms with E-state index in [4.69, 9.17) is 4.74 Å². The second kappa shape index (κ2) is 6.77. The van der Waals surface area contributed by atoms with Crippen LogP contribution in [0.5, 0.6) is 0 Å². The van der Waals surface area contributed by atoms with Crippen LogP contribution in [-0.4, -0.2) is 31.5 Å². The van der Waals surface area contributed by atoms with Crippen LogP contribution < -0.4 is 10.6 Å². The fourth-order valence-electron chi connectivity index (χ4n) is 1.93. The van der Waals surface area contributed by atoms with Crippen molar-refractivity contribution in [2.24, 2.45) is 0 Å². The van der Waals surface area contributed by atoms with Gasteiger partial charge in [-0.1, -0.05) is 0 Å². The molecule has 0 saturated carbocycles. The quantitative estimate of drug-likeness (QED) is 0.836. The van der Waals surface area contributed by atoms with Gasteiger partial charge in [-0.2, -0.15) is 0 Å². The molecule has 0 aliphatic carbocycles. The zero-order valence-corrected chi connectivity index (χ0v) is 11.6. The number of urea groups is 1. The number of rotatable bonds is 4. The summed E-state index contributed by atoms with van der Waals surface area (Å²) in [7, 11) is 0. The smallest absolute Gasteiger partial charge is 0.319 e. The molecule has 19 heavy (non-hydrogen) atoms. The van der Waals surface area contributed by atoms with E-state index in [-0.39, 0.29) is 18.0 Å². The SMILES string of the molecule is CSc1ccc(NC(=O)NC[C@H]2CCCO2)cc1F. The highest BCUT2D eigenvalue weighted by Gasteiger charge is 2.16. The van der Waals surface area contributed by atoms with Crippen molar-refractivity contribution in [1.29, 1.82) is 0 Å². The van der Waals surface area contributed by atoms with Crippen molar-refractivity contribution in [1.82, 2.24) is 5.32 Å². The average Bonchev–Trinajstić information content (AvgIpc) is 2.90. The Balaban J connectivity index is 1.82. The van der Waals surface area contributed by atoms with Crippen molar-refractivity contribution in [3.05, 3.63) is 24.0 Å². The van der Waals surface area contributed by atoms with Gasteiger partial charge in [-0.15, -0.1) is 11.8 Å². The van der Waals surface area contributed by atoms with E-state index in [0.29, 0.717) is 17.1 Å². The van der Waals surface area contributed by atoms with E-state index >= 15 is 0 Å². The van der Waals surface area contributed by atoms with Gasteiger partial charge >= 0.3 is 6.03 Å². The molecule has 0 unspecified atom stereocenters. The predicted molar refractivity (Wildman–Crippen MR) is 74.2 cm³/mol. The van der Waals surface area contributed by atoms with Crippen molar-refractivity contribution in [2.75, 3.05) is 24.7 Å². The molecule has 2 N–H and O–H groups in total. The van der Waals surface area contributed by atoms with Crippen LogP contribution in [0.2, 0.25) is 0 Å². The number of thioether (sulfide) groups is 1. The van der Waals surface area contributed by atoms with Crippen molar-refractivity contribution >= 4 is 23.5 Å². The summed E-state index contributed by atoms with van der Waals surface area (Å²) >= 11 is 1.33. The van der Waals surface area contributed by atoms with Crippen LogP contribution in [0.4, 0.5) is 14.9 Å². The summed E-state index contributed by atoms with van der Waals surface area (Å²) in [6.45, 7) is 1.24. The van der Waals surface area contributed by atoms with Crippen molar-refractivity contribution in [3.8, 4) is 0 Å². The number of benzene rings is 1. The Morgan fingerprint density at radius 1 is 1.58 bits per heavy atom. The maximum atomic E-state index is 13.5.